The monoisotopic (exact) mass is 298 g/mol. The first kappa shape index (κ1) is 19.2. The first-order valence-corrected chi connectivity index (χ1v) is 7.17. The standard InChI is InChI=1S/C17H30N2.ClH/c1-6-19(5,15-11-10-14-18(2,3)4)16-17-12-8-7-9-13-17;/h6-9,12-13H,1,10-11,14-16H2,2-5H3;1H/q+2;. The van der Waals surface area contributed by atoms with Crippen LogP contribution in [-0.2, 0) is 6.54 Å². The molecule has 0 aliphatic rings. The van der Waals surface area contributed by atoms with E-state index in [1.807, 2.05) is 0 Å². The first-order chi connectivity index (χ1) is 8.85. The molecule has 0 heterocycles. The van der Waals surface area contributed by atoms with Crippen molar-refractivity contribution < 1.29 is 8.97 Å². The molecule has 0 amide bonds. The minimum absolute atomic E-state index is 0. The second kappa shape index (κ2) is 8.46. The molecular formula is C17H31ClN2+2. The molecule has 0 spiro atoms. The van der Waals surface area contributed by atoms with E-state index in [9.17, 15) is 0 Å². The van der Waals surface area contributed by atoms with Gasteiger partial charge in [0.1, 0.15) is 6.54 Å². The number of hydrogen-bond acceptors (Lipinski definition) is 0. The Bertz CT molecular complexity index is 384. The summed E-state index contributed by atoms with van der Waals surface area (Å²) in [7, 11) is 9.04. The number of nitrogens with zero attached hydrogens (tertiary/aromatic N) is 2. The van der Waals surface area contributed by atoms with Gasteiger partial charge in [0.25, 0.3) is 0 Å². The van der Waals surface area contributed by atoms with Crippen LogP contribution in [0.15, 0.2) is 43.1 Å². The Balaban J connectivity index is 0.00000361. The third-order valence-corrected chi connectivity index (χ3v) is 3.58. The maximum atomic E-state index is 4.02. The van der Waals surface area contributed by atoms with Gasteiger partial charge in [-0.15, -0.1) is 12.4 Å². The molecule has 1 aromatic carbocycles. The Morgan fingerprint density at radius 3 is 2.00 bits per heavy atom. The summed E-state index contributed by atoms with van der Waals surface area (Å²) in [5.74, 6) is 0. The maximum Gasteiger partial charge on any atom is 0.108 e. The van der Waals surface area contributed by atoms with E-state index in [0.717, 1.165) is 15.5 Å². The van der Waals surface area contributed by atoms with E-state index < -0.39 is 0 Å². The van der Waals surface area contributed by atoms with E-state index in [0.29, 0.717) is 0 Å². The molecule has 114 valence electrons. The predicted octanol–water partition coefficient (Wildman–Crippen LogP) is 3.68. The zero-order valence-electron chi connectivity index (χ0n) is 13.5. The molecule has 3 heteroatoms. The zero-order valence-corrected chi connectivity index (χ0v) is 14.3. The third-order valence-electron chi connectivity index (χ3n) is 3.58. The van der Waals surface area contributed by atoms with Crippen molar-refractivity contribution in [2.75, 3.05) is 41.3 Å². The van der Waals surface area contributed by atoms with Crippen LogP contribution in [-0.4, -0.2) is 50.2 Å². The Labute approximate surface area is 131 Å². The largest absolute Gasteiger partial charge is 0.331 e. The van der Waals surface area contributed by atoms with Crippen LogP contribution in [0.1, 0.15) is 18.4 Å². The molecule has 0 saturated carbocycles. The lowest BCUT2D eigenvalue weighted by Gasteiger charge is -2.31. The molecule has 1 unspecified atom stereocenters. The van der Waals surface area contributed by atoms with Gasteiger partial charge in [-0.2, -0.15) is 0 Å². The van der Waals surface area contributed by atoms with Crippen LogP contribution in [0.25, 0.3) is 0 Å². The van der Waals surface area contributed by atoms with Gasteiger partial charge in [-0.05, 0) is 6.58 Å². The lowest BCUT2D eigenvalue weighted by Crippen LogP contribution is -2.39. The van der Waals surface area contributed by atoms with Crippen molar-refractivity contribution in [1.82, 2.24) is 0 Å². The van der Waals surface area contributed by atoms with E-state index in [1.165, 1.54) is 31.5 Å². The van der Waals surface area contributed by atoms with Gasteiger partial charge in [-0.1, -0.05) is 30.3 Å². The van der Waals surface area contributed by atoms with Crippen molar-refractivity contribution in [3.8, 4) is 0 Å². The van der Waals surface area contributed by atoms with E-state index in [-0.39, 0.29) is 12.4 Å². The number of rotatable bonds is 8. The number of halogens is 1. The molecule has 0 fully saturated rings. The van der Waals surface area contributed by atoms with Crippen LogP contribution in [0, 0.1) is 0 Å². The molecule has 1 rings (SSSR count). The van der Waals surface area contributed by atoms with E-state index in [4.69, 9.17) is 0 Å². The van der Waals surface area contributed by atoms with Gasteiger partial charge in [0.05, 0.1) is 47.5 Å². The summed E-state index contributed by atoms with van der Waals surface area (Å²) in [5.41, 5.74) is 1.39. The average molecular weight is 299 g/mol. The smallest absolute Gasteiger partial charge is 0.108 e. The molecule has 0 aliphatic heterocycles. The third kappa shape index (κ3) is 7.68. The van der Waals surface area contributed by atoms with Crippen molar-refractivity contribution in [1.29, 1.82) is 0 Å². The van der Waals surface area contributed by atoms with Crippen molar-refractivity contribution in [2.24, 2.45) is 0 Å². The molecule has 1 atom stereocenters. The quantitative estimate of drug-likeness (QED) is 0.507. The fraction of sp³-hybridized carbons (Fsp3) is 0.529. The number of hydrogen-bond donors (Lipinski definition) is 0. The number of unbranched alkanes of at least 4 members (excludes halogenated alkanes) is 1. The lowest BCUT2D eigenvalue weighted by atomic mass is 10.1. The summed E-state index contributed by atoms with van der Waals surface area (Å²) in [6.45, 7) is 7.46. The van der Waals surface area contributed by atoms with E-state index in [1.54, 1.807) is 0 Å². The van der Waals surface area contributed by atoms with Crippen LogP contribution in [0.2, 0.25) is 0 Å². The highest BCUT2D eigenvalue weighted by Gasteiger charge is 2.18. The molecule has 0 aliphatic carbocycles. The molecule has 2 nitrogen and oxygen atoms in total. The molecule has 1 aromatic rings. The van der Waals surface area contributed by atoms with Crippen molar-refractivity contribution in [3.63, 3.8) is 0 Å². The molecule has 0 saturated heterocycles. The van der Waals surface area contributed by atoms with E-state index in [2.05, 4.69) is 71.3 Å². The van der Waals surface area contributed by atoms with Crippen LogP contribution in [0.3, 0.4) is 0 Å². The van der Waals surface area contributed by atoms with Crippen LogP contribution in [0.4, 0.5) is 0 Å². The normalized spacial score (nSPS) is 14.2. The second-order valence-electron chi connectivity index (χ2n) is 6.75. The summed E-state index contributed by atoms with van der Waals surface area (Å²) in [5, 5.41) is 0. The minimum atomic E-state index is 0. The molecular weight excluding hydrogens is 268 g/mol. The highest BCUT2D eigenvalue weighted by Crippen LogP contribution is 2.14. The molecule has 0 N–H and O–H groups in total. The zero-order chi connectivity index (χ0) is 14.4. The molecule has 20 heavy (non-hydrogen) atoms. The fourth-order valence-electron chi connectivity index (χ4n) is 2.29. The van der Waals surface area contributed by atoms with Gasteiger partial charge in [-0.25, -0.2) is 0 Å². The Morgan fingerprint density at radius 1 is 0.950 bits per heavy atom. The van der Waals surface area contributed by atoms with Crippen molar-refractivity contribution >= 4 is 12.4 Å². The fourth-order valence-corrected chi connectivity index (χ4v) is 2.29. The van der Waals surface area contributed by atoms with Crippen molar-refractivity contribution in [2.45, 2.75) is 19.4 Å². The second-order valence-corrected chi connectivity index (χ2v) is 6.75. The van der Waals surface area contributed by atoms with Gasteiger partial charge < -0.3 is 4.48 Å². The maximum absolute atomic E-state index is 4.02. The van der Waals surface area contributed by atoms with Crippen LogP contribution < -0.4 is 0 Å². The number of quaternary nitrogens is 2. The topological polar surface area (TPSA) is 0 Å². The highest BCUT2D eigenvalue weighted by atomic mass is 35.5. The van der Waals surface area contributed by atoms with Gasteiger partial charge >= 0.3 is 0 Å². The Hall–Kier alpha value is -0.830. The summed E-state index contributed by atoms with van der Waals surface area (Å²) in [6, 6.07) is 10.7. The van der Waals surface area contributed by atoms with Gasteiger partial charge in [0, 0.05) is 18.4 Å². The Morgan fingerprint density at radius 2 is 1.50 bits per heavy atom. The van der Waals surface area contributed by atoms with Gasteiger partial charge in [-0.3, -0.25) is 4.48 Å². The summed E-state index contributed by atoms with van der Waals surface area (Å²) >= 11 is 0. The lowest BCUT2D eigenvalue weighted by molar-refractivity contribution is -0.878. The van der Waals surface area contributed by atoms with Gasteiger partial charge in [0.2, 0.25) is 0 Å². The van der Waals surface area contributed by atoms with Crippen LogP contribution in [0.5, 0.6) is 0 Å². The molecule has 0 radical (unpaired) electrons. The minimum Gasteiger partial charge on any atom is -0.331 e. The summed E-state index contributed by atoms with van der Waals surface area (Å²) in [6.07, 6.45) is 4.61. The Kier molecular flexibility index (Phi) is 8.10. The summed E-state index contributed by atoms with van der Waals surface area (Å²) < 4.78 is 1.97. The SMILES string of the molecule is C=C[N+](C)(CCCC[N+](C)(C)C)Cc1ccccc1.Cl. The summed E-state index contributed by atoms with van der Waals surface area (Å²) in [4.78, 5) is 0. The average Bonchev–Trinajstić information content (AvgIpc) is 2.35. The molecule has 0 bridgehead atoms. The molecule has 0 aromatic heterocycles. The van der Waals surface area contributed by atoms with Crippen LogP contribution >= 0.6 is 12.4 Å². The van der Waals surface area contributed by atoms with Gasteiger partial charge in [0.15, 0.2) is 0 Å². The van der Waals surface area contributed by atoms with E-state index >= 15 is 0 Å². The predicted molar refractivity (Wildman–Crippen MR) is 90.8 cm³/mol. The number of benzene rings is 1. The van der Waals surface area contributed by atoms with Crippen molar-refractivity contribution in [3.05, 3.63) is 48.7 Å². The highest BCUT2D eigenvalue weighted by molar-refractivity contribution is 5.85. The first-order valence-electron chi connectivity index (χ1n) is 7.17.